The van der Waals surface area contributed by atoms with Gasteiger partial charge in [-0.15, -0.1) is 0 Å². The molecule has 0 radical (unpaired) electrons. The lowest BCUT2D eigenvalue weighted by Gasteiger charge is -2.28. The fourth-order valence-electron chi connectivity index (χ4n) is 2.71. The summed E-state index contributed by atoms with van der Waals surface area (Å²) in [5.41, 5.74) is 1.21. The summed E-state index contributed by atoms with van der Waals surface area (Å²) in [6.07, 6.45) is 3.24. The fourth-order valence-corrected chi connectivity index (χ4v) is 2.71. The van der Waals surface area contributed by atoms with Crippen LogP contribution < -0.4 is 5.32 Å². The van der Waals surface area contributed by atoms with Crippen LogP contribution in [0.4, 0.5) is 0 Å². The van der Waals surface area contributed by atoms with Crippen LogP contribution in [-0.2, 0) is 0 Å². The van der Waals surface area contributed by atoms with Gasteiger partial charge in [-0.05, 0) is 25.0 Å². The summed E-state index contributed by atoms with van der Waals surface area (Å²) >= 11 is 0. The van der Waals surface area contributed by atoms with Gasteiger partial charge in [-0.1, -0.05) is 37.1 Å². The molecule has 3 rings (SSSR count). The number of benzene rings is 1. The number of hydrogen-bond acceptors (Lipinski definition) is 3. The van der Waals surface area contributed by atoms with Crippen LogP contribution in [0, 0.1) is 0 Å². The molecular formula is C16H18N2O2. The monoisotopic (exact) mass is 270 g/mol. The van der Waals surface area contributed by atoms with Crippen molar-refractivity contribution in [3.63, 3.8) is 0 Å². The van der Waals surface area contributed by atoms with Crippen LogP contribution in [0.25, 0.3) is 10.9 Å². The van der Waals surface area contributed by atoms with Crippen molar-refractivity contribution in [2.75, 3.05) is 0 Å². The van der Waals surface area contributed by atoms with Crippen molar-refractivity contribution in [2.24, 2.45) is 0 Å². The highest BCUT2D eigenvalue weighted by Gasteiger charge is 2.25. The summed E-state index contributed by atoms with van der Waals surface area (Å²) in [5, 5.41) is 13.8. The SMILES string of the molecule is O=C(N[C@H]1CCCCC1O)c1ccc2ccccc2n1. The summed E-state index contributed by atoms with van der Waals surface area (Å²) in [5.74, 6) is -0.207. The third-order valence-electron chi connectivity index (χ3n) is 3.88. The Morgan fingerprint density at radius 3 is 2.80 bits per heavy atom. The Balaban J connectivity index is 1.78. The van der Waals surface area contributed by atoms with Crippen LogP contribution in [0.3, 0.4) is 0 Å². The molecule has 1 unspecified atom stereocenters. The predicted molar refractivity (Wildman–Crippen MR) is 77.5 cm³/mol. The maximum Gasteiger partial charge on any atom is 0.270 e. The lowest BCUT2D eigenvalue weighted by atomic mass is 9.92. The third-order valence-corrected chi connectivity index (χ3v) is 3.88. The van der Waals surface area contributed by atoms with Crippen molar-refractivity contribution >= 4 is 16.8 Å². The molecule has 104 valence electrons. The minimum Gasteiger partial charge on any atom is -0.391 e. The van der Waals surface area contributed by atoms with Gasteiger partial charge in [-0.25, -0.2) is 4.98 Å². The topological polar surface area (TPSA) is 62.2 Å². The Morgan fingerprint density at radius 1 is 1.15 bits per heavy atom. The second-order valence-corrected chi connectivity index (χ2v) is 5.32. The largest absolute Gasteiger partial charge is 0.391 e. The molecule has 4 heteroatoms. The van der Waals surface area contributed by atoms with Gasteiger partial charge in [0.25, 0.3) is 5.91 Å². The molecule has 2 atom stereocenters. The van der Waals surface area contributed by atoms with E-state index in [1.54, 1.807) is 6.07 Å². The van der Waals surface area contributed by atoms with Gasteiger partial charge in [0.1, 0.15) is 5.69 Å². The number of aliphatic hydroxyl groups excluding tert-OH is 1. The van der Waals surface area contributed by atoms with Gasteiger partial charge in [0.15, 0.2) is 0 Å². The molecule has 0 spiro atoms. The standard InChI is InChI=1S/C16H18N2O2/c19-15-8-4-3-7-13(15)18-16(20)14-10-9-11-5-1-2-6-12(11)17-14/h1-2,5-6,9-10,13,15,19H,3-4,7-8H2,(H,18,20)/t13-,15?/m0/s1. The van der Waals surface area contributed by atoms with Crippen LogP contribution in [-0.4, -0.2) is 28.1 Å². The van der Waals surface area contributed by atoms with Crippen LogP contribution in [0.1, 0.15) is 36.2 Å². The van der Waals surface area contributed by atoms with E-state index >= 15 is 0 Å². The molecule has 1 aromatic heterocycles. The predicted octanol–water partition coefficient (Wildman–Crippen LogP) is 2.27. The zero-order chi connectivity index (χ0) is 13.9. The second-order valence-electron chi connectivity index (χ2n) is 5.32. The van der Waals surface area contributed by atoms with Crippen molar-refractivity contribution in [1.82, 2.24) is 10.3 Å². The number of nitrogens with one attached hydrogen (secondary N) is 1. The minimum atomic E-state index is -0.437. The van der Waals surface area contributed by atoms with Crippen LogP contribution in [0.5, 0.6) is 0 Å². The molecule has 1 amide bonds. The van der Waals surface area contributed by atoms with Crippen molar-refractivity contribution in [3.8, 4) is 0 Å². The maximum atomic E-state index is 12.2. The van der Waals surface area contributed by atoms with Gasteiger partial charge < -0.3 is 10.4 Å². The molecule has 1 aromatic carbocycles. The van der Waals surface area contributed by atoms with E-state index in [1.807, 2.05) is 30.3 Å². The van der Waals surface area contributed by atoms with E-state index in [0.29, 0.717) is 5.69 Å². The molecule has 2 aromatic rings. The summed E-state index contributed by atoms with van der Waals surface area (Å²) < 4.78 is 0. The van der Waals surface area contributed by atoms with Gasteiger partial charge in [0, 0.05) is 5.39 Å². The van der Waals surface area contributed by atoms with Crippen LogP contribution >= 0.6 is 0 Å². The first kappa shape index (κ1) is 13.1. The molecule has 0 saturated heterocycles. The zero-order valence-electron chi connectivity index (χ0n) is 11.2. The van der Waals surface area contributed by atoms with E-state index in [0.717, 1.165) is 36.6 Å². The second kappa shape index (κ2) is 5.59. The molecule has 1 saturated carbocycles. The summed E-state index contributed by atoms with van der Waals surface area (Å²) in [6, 6.07) is 11.2. The van der Waals surface area contributed by atoms with Gasteiger partial charge in [-0.2, -0.15) is 0 Å². The van der Waals surface area contributed by atoms with E-state index in [2.05, 4.69) is 10.3 Å². The van der Waals surface area contributed by atoms with Crippen molar-refractivity contribution in [2.45, 2.75) is 37.8 Å². The Morgan fingerprint density at radius 2 is 1.95 bits per heavy atom. The molecular weight excluding hydrogens is 252 g/mol. The first-order chi connectivity index (χ1) is 9.74. The first-order valence-electron chi connectivity index (χ1n) is 7.09. The summed E-state index contributed by atoms with van der Waals surface area (Å²) in [6.45, 7) is 0. The lowest BCUT2D eigenvalue weighted by Crippen LogP contribution is -2.45. The molecule has 20 heavy (non-hydrogen) atoms. The third kappa shape index (κ3) is 2.65. The smallest absolute Gasteiger partial charge is 0.270 e. The van der Waals surface area contributed by atoms with Gasteiger partial charge >= 0.3 is 0 Å². The maximum absolute atomic E-state index is 12.2. The number of rotatable bonds is 2. The van der Waals surface area contributed by atoms with Gasteiger partial charge in [0.2, 0.25) is 0 Å². The molecule has 2 N–H and O–H groups in total. The number of hydrogen-bond donors (Lipinski definition) is 2. The number of nitrogens with zero attached hydrogens (tertiary/aromatic N) is 1. The number of para-hydroxylation sites is 1. The van der Waals surface area contributed by atoms with E-state index in [-0.39, 0.29) is 11.9 Å². The van der Waals surface area contributed by atoms with E-state index < -0.39 is 6.10 Å². The van der Waals surface area contributed by atoms with E-state index in [1.165, 1.54) is 0 Å². The van der Waals surface area contributed by atoms with Crippen molar-refractivity contribution < 1.29 is 9.90 Å². The number of carbonyl (C=O) groups excluding carboxylic acids is 1. The van der Waals surface area contributed by atoms with Gasteiger partial charge in [-0.3, -0.25) is 4.79 Å². The molecule has 1 heterocycles. The van der Waals surface area contributed by atoms with E-state index in [4.69, 9.17) is 0 Å². The number of carbonyl (C=O) groups is 1. The molecule has 1 aliphatic carbocycles. The average Bonchev–Trinajstić information content (AvgIpc) is 2.49. The summed E-state index contributed by atoms with van der Waals surface area (Å²) in [7, 11) is 0. The Kier molecular flexibility index (Phi) is 3.65. The van der Waals surface area contributed by atoms with Crippen LogP contribution in [0.2, 0.25) is 0 Å². The zero-order valence-corrected chi connectivity index (χ0v) is 11.2. The normalized spacial score (nSPS) is 22.6. The molecule has 0 bridgehead atoms. The van der Waals surface area contributed by atoms with Crippen molar-refractivity contribution in [3.05, 3.63) is 42.1 Å². The fraction of sp³-hybridized carbons (Fsp3) is 0.375. The van der Waals surface area contributed by atoms with Gasteiger partial charge in [0.05, 0.1) is 17.7 Å². The van der Waals surface area contributed by atoms with Crippen LogP contribution in [0.15, 0.2) is 36.4 Å². The molecule has 0 aliphatic heterocycles. The van der Waals surface area contributed by atoms with Crippen molar-refractivity contribution in [1.29, 1.82) is 0 Å². The Bertz CT molecular complexity index is 627. The molecule has 1 fully saturated rings. The Labute approximate surface area is 117 Å². The number of aromatic nitrogens is 1. The number of fused-ring (bicyclic) bond motifs is 1. The average molecular weight is 270 g/mol. The highest BCUT2D eigenvalue weighted by molar-refractivity contribution is 5.95. The summed E-state index contributed by atoms with van der Waals surface area (Å²) in [4.78, 5) is 16.6. The molecule has 1 aliphatic rings. The lowest BCUT2D eigenvalue weighted by molar-refractivity contribution is 0.0714. The highest BCUT2D eigenvalue weighted by atomic mass is 16.3. The Hall–Kier alpha value is -1.94. The van der Waals surface area contributed by atoms with E-state index in [9.17, 15) is 9.90 Å². The first-order valence-corrected chi connectivity index (χ1v) is 7.09. The molecule has 4 nitrogen and oxygen atoms in total. The number of pyridine rings is 1. The highest BCUT2D eigenvalue weighted by Crippen LogP contribution is 2.19. The minimum absolute atomic E-state index is 0.149. The number of amides is 1. The quantitative estimate of drug-likeness (QED) is 0.880. The number of aliphatic hydroxyl groups is 1.